The van der Waals surface area contributed by atoms with Crippen molar-refractivity contribution in [1.82, 2.24) is 10.2 Å². The summed E-state index contributed by atoms with van der Waals surface area (Å²) in [5.41, 5.74) is 2.16. The molecule has 3 rings (SSSR count). The van der Waals surface area contributed by atoms with E-state index in [1.165, 1.54) is 12.7 Å². The number of benzene rings is 2. The number of nitrogens with one attached hydrogen (secondary N) is 1. The molecule has 7 nitrogen and oxygen atoms in total. The van der Waals surface area contributed by atoms with Gasteiger partial charge < -0.3 is 0 Å². The van der Waals surface area contributed by atoms with Crippen LogP contribution in [0.3, 0.4) is 0 Å². The minimum atomic E-state index is -0.794. The number of methoxy groups -OCH3 is 2. The standard InChI is InChI=1S/C27H34N2O5Se/c1-19(17-35-18-21-11-13-22(33-2)14-12-21)26(31)29-15-7-10-24(29)25(30)28-23(27(32)34-3)16-20-8-5-4-6-9-20/h4-6,8-9,11-14,19,23-24H,7,10,15-18H2,1-3H3,(H,28,30)/t19-,23+,24+/m1/s1. The molecule has 35 heavy (non-hydrogen) atoms. The number of carbonyl (C=O) groups excluding carboxylic acids is 3. The molecule has 1 saturated heterocycles. The molecular formula is C27H34N2O5Se. The van der Waals surface area contributed by atoms with Gasteiger partial charge in [0.15, 0.2) is 0 Å². The molecular weight excluding hydrogens is 511 g/mol. The van der Waals surface area contributed by atoms with E-state index in [9.17, 15) is 14.4 Å². The van der Waals surface area contributed by atoms with Crippen molar-refractivity contribution in [3.63, 3.8) is 0 Å². The second kappa shape index (κ2) is 13.3. The molecule has 0 radical (unpaired) electrons. The van der Waals surface area contributed by atoms with Gasteiger partial charge in [0.25, 0.3) is 0 Å². The first-order valence-corrected chi connectivity index (χ1v) is 14.3. The third-order valence-electron chi connectivity index (χ3n) is 6.14. The number of esters is 1. The van der Waals surface area contributed by atoms with Crippen LogP contribution in [0.1, 0.15) is 30.9 Å². The molecule has 0 aliphatic carbocycles. The molecule has 2 aromatic rings. The second-order valence-electron chi connectivity index (χ2n) is 8.73. The Kier molecular flexibility index (Phi) is 10.2. The molecule has 0 saturated carbocycles. The van der Waals surface area contributed by atoms with Gasteiger partial charge >= 0.3 is 208 Å². The molecule has 1 aliphatic rings. The van der Waals surface area contributed by atoms with Crippen molar-refractivity contribution in [1.29, 1.82) is 0 Å². The SMILES string of the molecule is COC(=O)[C@H](Cc1ccccc1)NC(=O)[C@@H]1CCCN1C(=O)[C@H](C)C[Se]Cc1ccc(OC)cc1. The van der Waals surface area contributed by atoms with Crippen molar-refractivity contribution < 1.29 is 23.9 Å². The van der Waals surface area contributed by atoms with Crippen molar-refractivity contribution in [2.75, 3.05) is 20.8 Å². The van der Waals surface area contributed by atoms with E-state index in [0.29, 0.717) is 19.4 Å². The Labute approximate surface area is 213 Å². The number of nitrogens with zero attached hydrogens (tertiary/aromatic N) is 1. The van der Waals surface area contributed by atoms with Crippen molar-refractivity contribution in [2.24, 2.45) is 5.92 Å². The van der Waals surface area contributed by atoms with E-state index in [1.54, 1.807) is 12.0 Å². The van der Waals surface area contributed by atoms with Gasteiger partial charge in [0, 0.05) is 0 Å². The van der Waals surface area contributed by atoms with Crippen molar-refractivity contribution in [3.8, 4) is 5.75 Å². The number of amides is 2. The monoisotopic (exact) mass is 546 g/mol. The quantitative estimate of drug-likeness (QED) is 0.347. The number of likely N-dealkylation sites (tertiary alicyclic amines) is 1. The summed E-state index contributed by atoms with van der Waals surface area (Å²) in [6.45, 7) is 2.51. The molecule has 0 bridgehead atoms. The van der Waals surface area contributed by atoms with Gasteiger partial charge in [-0.1, -0.05) is 6.07 Å². The zero-order valence-corrected chi connectivity index (χ0v) is 22.3. The van der Waals surface area contributed by atoms with E-state index in [1.807, 2.05) is 49.4 Å². The zero-order valence-electron chi connectivity index (χ0n) is 20.6. The number of hydrogen-bond donors (Lipinski definition) is 1. The number of rotatable bonds is 11. The van der Waals surface area contributed by atoms with E-state index >= 15 is 0 Å². The molecule has 188 valence electrons. The molecule has 1 heterocycles. The Morgan fingerprint density at radius 2 is 1.77 bits per heavy atom. The number of ether oxygens (including phenoxy) is 2. The third-order valence-corrected chi connectivity index (χ3v) is 8.81. The van der Waals surface area contributed by atoms with Crippen LogP contribution in [0.4, 0.5) is 0 Å². The normalized spacial score (nSPS) is 16.9. The average molecular weight is 546 g/mol. The van der Waals surface area contributed by atoms with Crippen LogP contribution in [0.15, 0.2) is 54.6 Å². The van der Waals surface area contributed by atoms with E-state index in [-0.39, 0.29) is 32.7 Å². The molecule has 1 fully saturated rings. The van der Waals surface area contributed by atoms with Gasteiger partial charge in [0.05, 0.1) is 0 Å². The van der Waals surface area contributed by atoms with Crippen LogP contribution < -0.4 is 10.1 Å². The summed E-state index contributed by atoms with van der Waals surface area (Å²) in [4.78, 5) is 40.4. The maximum atomic E-state index is 13.2. The fraction of sp³-hybridized carbons (Fsp3) is 0.444. The predicted octanol–water partition coefficient (Wildman–Crippen LogP) is 2.85. The van der Waals surface area contributed by atoms with Gasteiger partial charge in [-0.2, -0.15) is 0 Å². The number of hydrogen-bond acceptors (Lipinski definition) is 5. The molecule has 2 amide bonds. The van der Waals surface area contributed by atoms with Crippen LogP contribution in [0, 0.1) is 5.92 Å². The van der Waals surface area contributed by atoms with Crippen LogP contribution in [0.25, 0.3) is 0 Å². The first kappa shape index (κ1) is 26.8. The van der Waals surface area contributed by atoms with Gasteiger partial charge in [0.1, 0.15) is 0 Å². The van der Waals surface area contributed by atoms with E-state index in [0.717, 1.165) is 28.4 Å². The third kappa shape index (κ3) is 7.58. The Bertz CT molecular complexity index is 983. The van der Waals surface area contributed by atoms with Gasteiger partial charge in [-0.05, 0) is 0 Å². The molecule has 8 heteroatoms. The fourth-order valence-corrected chi connectivity index (χ4v) is 6.37. The summed E-state index contributed by atoms with van der Waals surface area (Å²) in [6.07, 6.45) is 1.71. The summed E-state index contributed by atoms with van der Waals surface area (Å²) >= 11 is 0.271. The van der Waals surface area contributed by atoms with E-state index < -0.39 is 18.1 Å². The Morgan fingerprint density at radius 1 is 1.06 bits per heavy atom. The number of carbonyl (C=O) groups is 3. The summed E-state index contributed by atoms with van der Waals surface area (Å²) in [5, 5.41) is 4.59. The van der Waals surface area contributed by atoms with Gasteiger partial charge in [0.2, 0.25) is 0 Å². The summed E-state index contributed by atoms with van der Waals surface area (Å²) in [7, 11) is 2.96. The van der Waals surface area contributed by atoms with Crippen LogP contribution in [-0.2, 0) is 30.9 Å². The van der Waals surface area contributed by atoms with Crippen molar-refractivity contribution >= 4 is 32.7 Å². The summed E-state index contributed by atoms with van der Waals surface area (Å²) in [6, 6.07) is 16.2. The van der Waals surface area contributed by atoms with Crippen molar-refractivity contribution in [2.45, 2.75) is 48.9 Å². The molecule has 0 unspecified atom stereocenters. The minimum absolute atomic E-state index is 0.0110. The molecule has 1 aliphatic heterocycles. The average Bonchev–Trinajstić information content (AvgIpc) is 3.38. The first-order valence-electron chi connectivity index (χ1n) is 11.9. The van der Waals surface area contributed by atoms with E-state index in [4.69, 9.17) is 9.47 Å². The Morgan fingerprint density at radius 3 is 2.43 bits per heavy atom. The Balaban J connectivity index is 1.55. The van der Waals surface area contributed by atoms with Crippen molar-refractivity contribution in [3.05, 3.63) is 65.7 Å². The fourth-order valence-electron chi connectivity index (χ4n) is 4.19. The summed E-state index contributed by atoms with van der Waals surface area (Å²) < 4.78 is 10.1. The van der Waals surface area contributed by atoms with Crippen LogP contribution in [0.2, 0.25) is 5.32 Å². The first-order chi connectivity index (χ1) is 16.9. The van der Waals surface area contributed by atoms with E-state index in [2.05, 4.69) is 17.4 Å². The predicted molar refractivity (Wildman–Crippen MR) is 135 cm³/mol. The van der Waals surface area contributed by atoms with Gasteiger partial charge in [-0.3, -0.25) is 0 Å². The summed E-state index contributed by atoms with van der Waals surface area (Å²) in [5.74, 6) is -0.0912. The topological polar surface area (TPSA) is 84.9 Å². The molecule has 3 atom stereocenters. The molecule has 0 aromatic heterocycles. The molecule has 2 aromatic carbocycles. The van der Waals surface area contributed by atoms with Crippen LogP contribution in [0.5, 0.6) is 5.75 Å². The Hall–Kier alpha value is -2.83. The van der Waals surface area contributed by atoms with Gasteiger partial charge in [-0.15, -0.1) is 0 Å². The van der Waals surface area contributed by atoms with Gasteiger partial charge in [-0.25, -0.2) is 0 Å². The second-order valence-corrected chi connectivity index (χ2v) is 10.9. The van der Waals surface area contributed by atoms with Crippen LogP contribution >= 0.6 is 0 Å². The maximum absolute atomic E-state index is 13.2. The van der Waals surface area contributed by atoms with Crippen LogP contribution in [-0.4, -0.2) is 70.5 Å². The molecule has 1 N–H and O–H groups in total. The molecule has 0 spiro atoms. The zero-order chi connectivity index (χ0) is 25.2.